The number of nitrogens with zero attached hydrogens (tertiary/aromatic N) is 2. The van der Waals surface area contributed by atoms with Crippen molar-refractivity contribution < 1.29 is 29.0 Å². The van der Waals surface area contributed by atoms with Crippen LogP contribution in [0.2, 0.25) is 0 Å². The minimum atomic E-state index is -1.07. The fourth-order valence-electron chi connectivity index (χ4n) is 4.50. The van der Waals surface area contributed by atoms with Gasteiger partial charge in [-0.05, 0) is 44.0 Å². The summed E-state index contributed by atoms with van der Waals surface area (Å²) in [6.07, 6.45) is -0.573. The van der Waals surface area contributed by atoms with Crippen LogP contribution >= 0.6 is 0 Å². The van der Waals surface area contributed by atoms with E-state index < -0.39 is 41.8 Å². The van der Waals surface area contributed by atoms with E-state index in [2.05, 4.69) is 0 Å². The summed E-state index contributed by atoms with van der Waals surface area (Å²) in [7, 11) is 0. The van der Waals surface area contributed by atoms with Crippen LogP contribution in [0.5, 0.6) is 5.75 Å². The molecule has 1 saturated heterocycles. The van der Waals surface area contributed by atoms with Gasteiger partial charge in [0, 0.05) is 19.4 Å². The zero-order valence-corrected chi connectivity index (χ0v) is 19.6. The van der Waals surface area contributed by atoms with Crippen LogP contribution in [0.3, 0.4) is 0 Å². The van der Waals surface area contributed by atoms with E-state index in [1.807, 2.05) is 54.6 Å². The van der Waals surface area contributed by atoms with E-state index in [-0.39, 0.29) is 25.9 Å². The Hall–Kier alpha value is -3.55. The molecule has 34 heavy (non-hydrogen) atoms. The van der Waals surface area contributed by atoms with Gasteiger partial charge in [0.15, 0.2) is 0 Å². The molecule has 8 heteroatoms. The topological polar surface area (TPSA) is 96.4 Å². The van der Waals surface area contributed by atoms with Gasteiger partial charge in [-0.25, -0.2) is 9.59 Å². The van der Waals surface area contributed by atoms with Crippen molar-refractivity contribution in [2.75, 3.05) is 6.54 Å². The number of likely N-dealkylation sites (tertiary alicyclic amines) is 1. The summed E-state index contributed by atoms with van der Waals surface area (Å²) in [6.45, 7) is 5.63. The van der Waals surface area contributed by atoms with E-state index in [1.165, 1.54) is 9.80 Å². The monoisotopic (exact) mass is 466 g/mol. The first-order valence-corrected chi connectivity index (χ1v) is 11.4. The third-order valence-electron chi connectivity index (χ3n) is 6.04. The molecule has 3 atom stereocenters. The number of ether oxygens (including phenoxy) is 2. The molecule has 0 unspecified atom stereocenters. The number of benzene rings is 2. The minimum absolute atomic E-state index is 0.169. The van der Waals surface area contributed by atoms with Gasteiger partial charge in [0.05, 0.1) is 6.54 Å². The van der Waals surface area contributed by atoms with Gasteiger partial charge in [-0.15, -0.1) is 0 Å². The smallest absolute Gasteiger partial charge is 0.411 e. The Bertz CT molecular complexity index is 1060. The van der Waals surface area contributed by atoms with E-state index in [4.69, 9.17) is 9.47 Å². The fourth-order valence-corrected chi connectivity index (χ4v) is 4.50. The zero-order chi connectivity index (χ0) is 24.5. The molecule has 0 spiro atoms. The summed E-state index contributed by atoms with van der Waals surface area (Å²) in [5.41, 5.74) is 1.09. The number of carbonyl (C=O) groups is 3. The number of rotatable bonds is 4. The Morgan fingerprint density at radius 2 is 1.56 bits per heavy atom. The largest absolute Gasteiger partial charge is 0.488 e. The van der Waals surface area contributed by atoms with E-state index in [1.54, 1.807) is 20.8 Å². The maximum absolute atomic E-state index is 13.8. The number of amides is 2. The van der Waals surface area contributed by atoms with E-state index in [0.717, 1.165) is 11.1 Å². The number of hydrogen-bond acceptors (Lipinski definition) is 5. The Balaban J connectivity index is 1.60. The molecular formula is C26H30N2O6. The van der Waals surface area contributed by atoms with Crippen LogP contribution in [0.15, 0.2) is 54.6 Å². The summed E-state index contributed by atoms with van der Waals surface area (Å²) in [4.78, 5) is 41.6. The van der Waals surface area contributed by atoms with Crippen LogP contribution in [0.1, 0.15) is 38.3 Å². The van der Waals surface area contributed by atoms with Crippen LogP contribution in [0.25, 0.3) is 0 Å². The molecule has 2 heterocycles. The molecule has 0 bridgehead atoms. The van der Waals surface area contributed by atoms with Crippen molar-refractivity contribution in [2.24, 2.45) is 0 Å². The Labute approximate surface area is 199 Å². The first-order chi connectivity index (χ1) is 16.1. The second-order valence-electron chi connectivity index (χ2n) is 9.73. The number of fused-ring (bicyclic) bond motifs is 1. The average molecular weight is 467 g/mol. The fraction of sp³-hybridized carbons (Fsp3) is 0.423. The third-order valence-corrected chi connectivity index (χ3v) is 6.04. The van der Waals surface area contributed by atoms with Gasteiger partial charge in [-0.2, -0.15) is 0 Å². The molecule has 0 aliphatic carbocycles. The number of carboxylic acids is 1. The molecule has 8 nitrogen and oxygen atoms in total. The highest BCUT2D eigenvalue weighted by atomic mass is 16.6. The van der Waals surface area contributed by atoms with Crippen molar-refractivity contribution in [2.45, 2.75) is 63.9 Å². The molecule has 1 N–H and O–H groups in total. The van der Waals surface area contributed by atoms with Crippen molar-refractivity contribution in [3.8, 4) is 5.75 Å². The first-order valence-electron chi connectivity index (χ1n) is 11.4. The lowest BCUT2D eigenvalue weighted by Gasteiger charge is -2.37. The standard InChI is InChI=1S/C26H30N2O6/c1-26(2,3)34-25(32)28-16-20(33-19-11-5-4-6-12-19)14-21(28)23(29)27-15-18-10-8-7-9-17(18)13-22(27)24(30)31/h4-12,20-22H,13-16H2,1-3H3,(H,30,31)/t20-,21-,22-/m1/s1. The molecule has 0 radical (unpaired) electrons. The van der Waals surface area contributed by atoms with Gasteiger partial charge in [-0.3, -0.25) is 9.69 Å². The maximum Gasteiger partial charge on any atom is 0.411 e. The first kappa shape index (κ1) is 23.6. The summed E-state index contributed by atoms with van der Waals surface area (Å²) >= 11 is 0. The molecule has 2 aliphatic heterocycles. The average Bonchev–Trinajstić information content (AvgIpc) is 3.21. The van der Waals surface area contributed by atoms with Gasteiger partial charge in [0.2, 0.25) is 5.91 Å². The number of carboxylic acid groups (broad SMARTS) is 1. The van der Waals surface area contributed by atoms with Gasteiger partial charge in [-0.1, -0.05) is 42.5 Å². The molecule has 2 aromatic carbocycles. The maximum atomic E-state index is 13.8. The number of aliphatic carboxylic acids is 1. The summed E-state index contributed by atoms with van der Waals surface area (Å²) in [5.74, 6) is -0.839. The quantitative estimate of drug-likeness (QED) is 0.741. The third kappa shape index (κ3) is 5.16. The van der Waals surface area contributed by atoms with E-state index >= 15 is 0 Å². The second kappa shape index (κ2) is 9.37. The predicted octanol–water partition coefficient (Wildman–Crippen LogP) is 3.48. The zero-order valence-electron chi connectivity index (χ0n) is 19.6. The van der Waals surface area contributed by atoms with Gasteiger partial charge in [0.25, 0.3) is 0 Å². The van der Waals surface area contributed by atoms with Crippen LogP contribution in [0, 0.1) is 0 Å². The molecule has 2 aromatic rings. The van der Waals surface area contributed by atoms with Crippen LogP contribution < -0.4 is 4.74 Å². The summed E-state index contributed by atoms with van der Waals surface area (Å²) in [5, 5.41) is 9.88. The van der Waals surface area contributed by atoms with Crippen LogP contribution in [0.4, 0.5) is 4.79 Å². The molecule has 180 valence electrons. The van der Waals surface area contributed by atoms with E-state index in [9.17, 15) is 19.5 Å². The molecule has 1 fully saturated rings. The summed E-state index contributed by atoms with van der Waals surface area (Å²) in [6, 6.07) is 14.8. The normalized spacial score (nSPS) is 22.1. The Morgan fingerprint density at radius 3 is 2.21 bits per heavy atom. The molecule has 2 aliphatic rings. The Kier molecular flexibility index (Phi) is 6.50. The highest BCUT2D eigenvalue weighted by Crippen LogP contribution is 2.30. The number of para-hydroxylation sites is 1. The molecule has 0 saturated carbocycles. The number of hydrogen-bond donors (Lipinski definition) is 1. The predicted molar refractivity (Wildman–Crippen MR) is 124 cm³/mol. The van der Waals surface area contributed by atoms with Crippen LogP contribution in [-0.2, 0) is 27.3 Å². The van der Waals surface area contributed by atoms with Crippen LogP contribution in [-0.4, -0.2) is 63.2 Å². The lowest BCUT2D eigenvalue weighted by Crippen LogP contribution is -2.55. The highest BCUT2D eigenvalue weighted by Gasteiger charge is 2.47. The Morgan fingerprint density at radius 1 is 0.912 bits per heavy atom. The van der Waals surface area contributed by atoms with Crippen molar-refractivity contribution >= 4 is 18.0 Å². The van der Waals surface area contributed by atoms with Crippen molar-refractivity contribution in [1.29, 1.82) is 0 Å². The van der Waals surface area contributed by atoms with Gasteiger partial charge in [0.1, 0.15) is 29.5 Å². The lowest BCUT2D eigenvalue weighted by atomic mass is 9.93. The van der Waals surface area contributed by atoms with Crippen molar-refractivity contribution in [1.82, 2.24) is 9.80 Å². The molecule has 4 rings (SSSR count). The SMILES string of the molecule is CC(C)(C)OC(=O)N1C[C@H](Oc2ccccc2)C[C@@H]1C(=O)N1Cc2ccccc2C[C@@H]1C(=O)O. The van der Waals surface area contributed by atoms with Gasteiger partial charge >= 0.3 is 12.1 Å². The molecule has 0 aromatic heterocycles. The summed E-state index contributed by atoms with van der Waals surface area (Å²) < 4.78 is 11.6. The van der Waals surface area contributed by atoms with Gasteiger partial charge < -0.3 is 19.5 Å². The van der Waals surface area contributed by atoms with Crippen molar-refractivity contribution in [3.05, 3.63) is 65.7 Å². The van der Waals surface area contributed by atoms with E-state index in [0.29, 0.717) is 5.75 Å². The molecular weight excluding hydrogens is 436 g/mol. The second-order valence-corrected chi connectivity index (χ2v) is 9.73. The highest BCUT2D eigenvalue weighted by molar-refractivity contribution is 5.90. The lowest BCUT2D eigenvalue weighted by molar-refractivity contribution is -0.153. The minimum Gasteiger partial charge on any atom is -0.488 e. The number of carbonyl (C=O) groups excluding carboxylic acids is 2. The molecule has 2 amide bonds. The van der Waals surface area contributed by atoms with Crippen molar-refractivity contribution in [3.63, 3.8) is 0 Å².